The van der Waals surface area contributed by atoms with Crippen LogP contribution in [0, 0.1) is 5.92 Å². The van der Waals surface area contributed by atoms with Crippen LogP contribution in [0.4, 0.5) is 0 Å². The second-order valence-corrected chi connectivity index (χ2v) is 12.4. The van der Waals surface area contributed by atoms with Crippen molar-refractivity contribution in [2.24, 2.45) is 5.92 Å². The zero-order chi connectivity index (χ0) is 14.4. The van der Waals surface area contributed by atoms with E-state index >= 15 is 0 Å². The minimum Gasteiger partial charge on any atom is -0.412 e. The molecule has 1 unspecified atom stereocenters. The average molecular weight is 270 g/mol. The lowest BCUT2D eigenvalue weighted by atomic mass is 9.83. The lowest BCUT2D eigenvalue weighted by Crippen LogP contribution is -2.48. The van der Waals surface area contributed by atoms with Gasteiger partial charge in [-0.15, -0.1) is 0 Å². The van der Waals surface area contributed by atoms with Crippen molar-refractivity contribution in [3.05, 3.63) is 0 Å². The molecule has 1 aliphatic rings. The fraction of sp³-hybridized carbons (Fsp3) is 1.00. The maximum atomic E-state index is 6.60. The number of rotatable bonds is 3. The smallest absolute Gasteiger partial charge is 0.192 e. The highest BCUT2D eigenvalue weighted by Gasteiger charge is 2.50. The predicted molar refractivity (Wildman–Crippen MR) is 83.3 cm³/mol. The molecule has 4 atom stereocenters. The summed E-state index contributed by atoms with van der Waals surface area (Å²) in [6.07, 6.45) is 1.30. The van der Waals surface area contributed by atoms with Crippen molar-refractivity contribution >= 4 is 16.2 Å². The Hall–Kier alpha value is 0.202. The number of hydrogen-bond donors (Lipinski definition) is 0. The second-order valence-electron chi connectivity index (χ2n) is 7.62. The molecule has 0 spiro atoms. The van der Waals surface area contributed by atoms with E-state index in [9.17, 15) is 0 Å². The van der Waals surface area contributed by atoms with Crippen LogP contribution in [-0.4, -0.2) is 33.9 Å². The van der Waals surface area contributed by atoms with Crippen LogP contribution in [0.1, 0.15) is 48.0 Å². The van der Waals surface area contributed by atoms with Crippen molar-refractivity contribution < 1.29 is 9.16 Å². The van der Waals surface area contributed by atoms with E-state index < -0.39 is 8.32 Å². The maximum absolute atomic E-state index is 6.60. The van der Waals surface area contributed by atoms with Gasteiger partial charge in [-0.1, -0.05) is 34.6 Å². The highest BCUT2D eigenvalue weighted by atomic mass is 28.4. The summed E-state index contributed by atoms with van der Waals surface area (Å²) in [5.41, 5.74) is -0.0214. The third-order valence-electron chi connectivity index (χ3n) is 5.31. The molecule has 0 aromatic rings. The van der Waals surface area contributed by atoms with Crippen LogP contribution in [-0.2, 0) is 9.16 Å². The van der Waals surface area contributed by atoms with Crippen molar-refractivity contribution in [3.8, 4) is 0 Å². The summed E-state index contributed by atoms with van der Waals surface area (Å²) in [6.45, 7) is 18.3. The van der Waals surface area contributed by atoms with Crippen molar-refractivity contribution in [1.29, 1.82) is 0 Å². The van der Waals surface area contributed by atoms with Gasteiger partial charge < -0.3 is 9.16 Å². The summed E-state index contributed by atoms with van der Waals surface area (Å²) < 4.78 is 12.8. The topological polar surface area (TPSA) is 18.5 Å². The molecule has 1 heterocycles. The monoisotopic (exact) mass is 270 g/mol. The zero-order valence-electron chi connectivity index (χ0n) is 13.8. The summed E-state index contributed by atoms with van der Waals surface area (Å²) in [4.78, 5) is 0. The van der Waals surface area contributed by atoms with Crippen LogP contribution < -0.4 is 0 Å². The van der Waals surface area contributed by atoms with Crippen molar-refractivity contribution in [2.45, 2.75) is 83.8 Å². The van der Waals surface area contributed by atoms with Crippen LogP contribution in [0.3, 0.4) is 0 Å². The quantitative estimate of drug-likeness (QED) is 0.733. The van der Waals surface area contributed by atoms with Gasteiger partial charge in [0.15, 0.2) is 8.32 Å². The maximum Gasteiger partial charge on any atom is 0.192 e. The van der Waals surface area contributed by atoms with E-state index in [2.05, 4.69) is 62.5 Å². The van der Waals surface area contributed by atoms with E-state index in [0.29, 0.717) is 5.92 Å². The largest absolute Gasteiger partial charge is 0.412 e. The lowest BCUT2D eigenvalue weighted by Gasteiger charge is -2.40. The molecule has 106 valence electrons. The van der Waals surface area contributed by atoms with Gasteiger partial charge in [-0.05, 0) is 31.5 Å². The Morgan fingerprint density at radius 2 is 1.83 bits per heavy atom. The number of hydrogen-bond acceptors (Lipinski definition) is 2. The highest BCUT2D eigenvalue weighted by Crippen LogP contribution is 2.44. The van der Waals surface area contributed by atoms with E-state index in [1.807, 2.05) is 0 Å². The van der Waals surface area contributed by atoms with Gasteiger partial charge in [0.25, 0.3) is 0 Å². The Balaban J connectivity index is 2.86. The van der Waals surface area contributed by atoms with Gasteiger partial charge in [0, 0.05) is 11.9 Å². The Bertz CT molecular complexity index is 301. The van der Waals surface area contributed by atoms with Crippen LogP contribution >= 0.6 is 0 Å². The molecule has 2 nitrogen and oxygen atoms in total. The minimum atomic E-state index is -1.71. The normalized spacial score (nSPS) is 38.1. The van der Waals surface area contributed by atoms with Crippen LogP contribution in [0.2, 0.25) is 18.1 Å². The first-order chi connectivity index (χ1) is 7.94. The first-order valence-electron chi connectivity index (χ1n) is 7.30. The third-order valence-corrected chi connectivity index (χ3v) is 9.79. The van der Waals surface area contributed by atoms with Crippen molar-refractivity contribution in [1.82, 2.24) is 0 Å². The Morgan fingerprint density at radius 1 is 1.33 bits per heavy atom. The fourth-order valence-corrected chi connectivity index (χ4v) is 3.90. The summed E-state index contributed by atoms with van der Waals surface area (Å²) in [5, 5.41) is 0.262. The first-order valence-corrected chi connectivity index (χ1v) is 10.2. The molecule has 1 saturated heterocycles. The molecular weight excluding hydrogens is 239 g/mol. The summed E-state index contributed by atoms with van der Waals surface area (Å²) >= 11 is 0. The molecule has 0 radical (unpaired) electrons. The molecule has 0 aliphatic carbocycles. The van der Waals surface area contributed by atoms with Gasteiger partial charge in [-0.25, -0.2) is 0 Å². The minimum absolute atomic E-state index is 0.0214. The van der Waals surface area contributed by atoms with E-state index in [4.69, 9.17) is 9.16 Å². The summed E-state index contributed by atoms with van der Waals surface area (Å²) in [6, 6.07) is 0.207. The summed E-state index contributed by atoms with van der Waals surface area (Å²) in [5.74, 6) is 0.464. The van der Waals surface area contributed by atoms with Gasteiger partial charge in [-0.2, -0.15) is 0 Å². The Labute approximate surface area is 115 Å². The summed E-state index contributed by atoms with van der Waals surface area (Å²) in [7, 11) is 0.453. The predicted octanol–water partition coefficient (Wildman–Crippen LogP) is 3.17. The molecule has 18 heavy (non-hydrogen) atoms. The van der Waals surface area contributed by atoms with E-state index in [1.165, 1.54) is 0 Å². The lowest BCUT2D eigenvalue weighted by molar-refractivity contribution is -0.0194. The number of ether oxygens (including phenoxy) is 1. The average Bonchev–Trinajstić information content (AvgIpc) is 2.41. The second kappa shape index (κ2) is 4.95. The standard InChI is InChI=1S/C14H31BO2Si/c1-9-14(6)10(2)11(12(15)16-14)17-18(7,8)13(3,4)5/h10-12H,9,15H2,1-8H3/t10-,11?,12-,14-/m1/s1. The Kier molecular flexibility index (Phi) is 4.47. The molecular formula is C14H31BO2Si. The van der Waals surface area contributed by atoms with Gasteiger partial charge in [0.1, 0.15) is 7.85 Å². The molecule has 1 rings (SSSR count). The van der Waals surface area contributed by atoms with Crippen LogP contribution in [0.5, 0.6) is 0 Å². The molecule has 0 bridgehead atoms. The SMILES string of the molecule is B[C@@H]1O[C@](C)(CC)[C@H](C)C1O[Si](C)(C)C(C)(C)C. The van der Waals surface area contributed by atoms with Crippen LogP contribution in [0.15, 0.2) is 0 Å². The molecule has 0 saturated carbocycles. The molecule has 0 aromatic carbocycles. The van der Waals surface area contributed by atoms with E-state index in [0.717, 1.165) is 6.42 Å². The molecule has 0 aromatic heterocycles. The van der Waals surface area contributed by atoms with Crippen LogP contribution in [0.25, 0.3) is 0 Å². The fourth-order valence-electron chi connectivity index (χ4n) is 2.47. The molecule has 0 amide bonds. The van der Waals surface area contributed by atoms with E-state index in [-0.39, 0.29) is 22.7 Å². The van der Waals surface area contributed by atoms with Gasteiger partial charge in [0.2, 0.25) is 0 Å². The first kappa shape index (κ1) is 16.3. The molecule has 1 aliphatic heterocycles. The van der Waals surface area contributed by atoms with Gasteiger partial charge in [-0.3, -0.25) is 0 Å². The molecule has 0 N–H and O–H groups in total. The Morgan fingerprint density at radius 3 is 2.17 bits per heavy atom. The third kappa shape index (κ3) is 2.86. The van der Waals surface area contributed by atoms with Crippen molar-refractivity contribution in [3.63, 3.8) is 0 Å². The van der Waals surface area contributed by atoms with Crippen molar-refractivity contribution in [2.75, 3.05) is 0 Å². The van der Waals surface area contributed by atoms with Gasteiger partial charge in [0.05, 0.1) is 11.7 Å². The highest BCUT2D eigenvalue weighted by molar-refractivity contribution is 6.74. The molecule has 4 heteroatoms. The molecule has 1 fully saturated rings. The van der Waals surface area contributed by atoms with E-state index in [1.54, 1.807) is 0 Å². The van der Waals surface area contributed by atoms with Gasteiger partial charge >= 0.3 is 0 Å². The zero-order valence-corrected chi connectivity index (χ0v) is 14.8.